The second-order valence-corrected chi connectivity index (χ2v) is 5.06. The number of hydrogen-bond acceptors (Lipinski definition) is 3. The first-order valence-corrected chi connectivity index (χ1v) is 6.40. The number of nitrogens with one attached hydrogen (secondary N) is 1. The summed E-state index contributed by atoms with van der Waals surface area (Å²) in [6, 6.07) is -0.663. The zero-order valence-electron chi connectivity index (χ0n) is 8.86. The topological polar surface area (TPSA) is 66.4 Å². The summed E-state index contributed by atoms with van der Waals surface area (Å²) in [4.78, 5) is 22.2. The Kier molecular flexibility index (Phi) is 4.94. The van der Waals surface area contributed by atoms with Crippen LogP contribution in [0.25, 0.3) is 0 Å². The van der Waals surface area contributed by atoms with Gasteiger partial charge in [-0.2, -0.15) is 11.8 Å². The van der Waals surface area contributed by atoms with E-state index in [4.69, 9.17) is 5.11 Å². The Morgan fingerprint density at radius 3 is 2.67 bits per heavy atom. The molecule has 0 spiro atoms. The number of amides is 1. The fourth-order valence-electron chi connectivity index (χ4n) is 1.37. The van der Waals surface area contributed by atoms with E-state index >= 15 is 0 Å². The van der Waals surface area contributed by atoms with Gasteiger partial charge in [-0.25, -0.2) is 4.79 Å². The van der Waals surface area contributed by atoms with Gasteiger partial charge >= 0.3 is 5.97 Å². The first-order chi connectivity index (χ1) is 7.15. The molecule has 0 aromatic heterocycles. The molecule has 1 fully saturated rings. The third-order valence-corrected chi connectivity index (χ3v) is 3.25. The summed E-state index contributed by atoms with van der Waals surface area (Å²) in [7, 11) is 0. The Morgan fingerprint density at radius 1 is 1.53 bits per heavy atom. The molecule has 0 aromatic carbocycles. The maximum Gasteiger partial charge on any atom is 0.326 e. The molecule has 1 unspecified atom stereocenters. The lowest BCUT2D eigenvalue weighted by molar-refractivity contribution is -0.142. The third-order valence-electron chi connectivity index (χ3n) is 2.35. The van der Waals surface area contributed by atoms with Crippen LogP contribution in [0.15, 0.2) is 0 Å². The quantitative estimate of drug-likeness (QED) is 0.644. The van der Waals surface area contributed by atoms with E-state index in [0.29, 0.717) is 6.42 Å². The lowest BCUT2D eigenvalue weighted by atomic mass is 10.2. The molecule has 0 aliphatic heterocycles. The Bertz CT molecular complexity index is 241. The molecular weight excluding hydrogens is 214 g/mol. The molecule has 4 nitrogen and oxygen atoms in total. The Balaban J connectivity index is 2.24. The number of rotatable bonds is 7. The van der Waals surface area contributed by atoms with Crippen molar-refractivity contribution in [3.05, 3.63) is 0 Å². The van der Waals surface area contributed by atoms with E-state index in [-0.39, 0.29) is 11.8 Å². The van der Waals surface area contributed by atoms with Crippen LogP contribution in [0.2, 0.25) is 0 Å². The monoisotopic (exact) mass is 231 g/mol. The molecule has 1 saturated carbocycles. The lowest BCUT2D eigenvalue weighted by Crippen LogP contribution is -2.42. The lowest BCUT2D eigenvalue weighted by Gasteiger charge is -2.13. The minimum Gasteiger partial charge on any atom is -0.480 e. The van der Waals surface area contributed by atoms with Gasteiger partial charge in [-0.1, -0.05) is 6.92 Å². The van der Waals surface area contributed by atoms with Crippen molar-refractivity contribution in [2.45, 2.75) is 32.2 Å². The number of aliphatic carboxylic acids is 1. The van der Waals surface area contributed by atoms with Crippen LogP contribution in [0.5, 0.6) is 0 Å². The Morgan fingerprint density at radius 2 is 2.20 bits per heavy atom. The minimum absolute atomic E-state index is 0.143. The Hall–Kier alpha value is -0.710. The Labute approximate surface area is 93.8 Å². The maximum atomic E-state index is 11.4. The summed E-state index contributed by atoms with van der Waals surface area (Å²) in [6.07, 6.45) is 2.25. The molecule has 0 bridgehead atoms. The second-order valence-electron chi connectivity index (χ2n) is 3.67. The van der Waals surface area contributed by atoms with Crippen LogP contribution in [-0.2, 0) is 9.59 Å². The van der Waals surface area contributed by atoms with Crippen molar-refractivity contribution < 1.29 is 14.7 Å². The average Bonchev–Trinajstić information content (AvgIpc) is 2.97. The van der Waals surface area contributed by atoms with E-state index in [2.05, 4.69) is 5.32 Å². The van der Waals surface area contributed by atoms with Crippen molar-refractivity contribution in [2.24, 2.45) is 5.92 Å². The van der Waals surface area contributed by atoms with Gasteiger partial charge < -0.3 is 10.4 Å². The highest BCUT2D eigenvalue weighted by molar-refractivity contribution is 7.99. The zero-order chi connectivity index (χ0) is 11.3. The highest BCUT2D eigenvalue weighted by Crippen LogP contribution is 2.32. The first kappa shape index (κ1) is 12.4. The summed E-state index contributed by atoms with van der Waals surface area (Å²) in [6.45, 7) is 2.03. The maximum absolute atomic E-state index is 11.4. The van der Waals surface area contributed by atoms with Crippen molar-refractivity contribution in [3.8, 4) is 0 Å². The van der Waals surface area contributed by atoms with Crippen LogP contribution in [0.3, 0.4) is 0 Å². The predicted octanol–water partition coefficient (Wildman–Crippen LogP) is 1.11. The molecular formula is C10H17NO3S. The molecule has 1 rings (SSSR count). The van der Waals surface area contributed by atoms with Gasteiger partial charge in [0.05, 0.1) is 0 Å². The highest BCUT2D eigenvalue weighted by Gasteiger charge is 2.36. The fourth-order valence-corrected chi connectivity index (χ4v) is 1.98. The molecule has 86 valence electrons. The van der Waals surface area contributed by atoms with E-state index in [0.717, 1.165) is 24.3 Å². The van der Waals surface area contributed by atoms with E-state index in [1.165, 1.54) is 0 Å². The summed E-state index contributed by atoms with van der Waals surface area (Å²) in [5, 5.41) is 11.5. The largest absolute Gasteiger partial charge is 0.480 e. The number of carbonyl (C=O) groups excluding carboxylic acids is 1. The molecule has 1 amide bonds. The predicted molar refractivity (Wildman–Crippen MR) is 59.9 cm³/mol. The van der Waals surface area contributed by atoms with E-state index in [1.807, 2.05) is 6.92 Å². The summed E-state index contributed by atoms with van der Waals surface area (Å²) < 4.78 is 0. The molecule has 2 N–H and O–H groups in total. The van der Waals surface area contributed by atoms with Crippen LogP contribution < -0.4 is 5.32 Å². The van der Waals surface area contributed by atoms with Gasteiger partial charge in [-0.15, -0.1) is 0 Å². The van der Waals surface area contributed by atoms with Crippen molar-refractivity contribution in [1.29, 1.82) is 0 Å². The van der Waals surface area contributed by atoms with E-state index in [1.54, 1.807) is 11.8 Å². The number of hydrogen-bond donors (Lipinski definition) is 2. The van der Waals surface area contributed by atoms with Crippen molar-refractivity contribution in [1.82, 2.24) is 5.32 Å². The minimum atomic E-state index is -0.908. The number of carboxylic acid groups (broad SMARTS) is 1. The van der Waals surface area contributed by atoms with Crippen molar-refractivity contribution >= 4 is 23.6 Å². The molecule has 1 aliphatic rings. The van der Waals surface area contributed by atoms with Crippen molar-refractivity contribution in [2.75, 3.05) is 11.5 Å². The van der Waals surface area contributed by atoms with Crippen LogP contribution in [0.4, 0.5) is 0 Å². The first-order valence-electron chi connectivity index (χ1n) is 5.25. The van der Waals surface area contributed by atoms with Crippen LogP contribution >= 0.6 is 11.8 Å². The average molecular weight is 231 g/mol. The molecule has 0 heterocycles. The third kappa shape index (κ3) is 4.55. The van der Waals surface area contributed by atoms with Gasteiger partial charge in [0.15, 0.2) is 0 Å². The van der Waals surface area contributed by atoms with Crippen LogP contribution in [0.1, 0.15) is 26.2 Å². The number of carbonyl (C=O) groups is 2. The SMILES string of the molecule is CCSCCC(=O)NC(C(=O)O)C1CC1. The van der Waals surface area contributed by atoms with Gasteiger partial charge in [0.2, 0.25) is 5.91 Å². The molecule has 0 radical (unpaired) electrons. The normalized spacial score (nSPS) is 17.1. The zero-order valence-corrected chi connectivity index (χ0v) is 9.68. The van der Waals surface area contributed by atoms with Crippen LogP contribution in [-0.4, -0.2) is 34.5 Å². The van der Waals surface area contributed by atoms with Gasteiger partial charge in [-0.05, 0) is 24.5 Å². The molecule has 0 saturated heterocycles. The van der Waals surface area contributed by atoms with Gasteiger partial charge in [-0.3, -0.25) is 4.79 Å². The van der Waals surface area contributed by atoms with E-state index in [9.17, 15) is 9.59 Å². The molecule has 0 aromatic rings. The molecule has 5 heteroatoms. The smallest absolute Gasteiger partial charge is 0.326 e. The van der Waals surface area contributed by atoms with Gasteiger partial charge in [0.1, 0.15) is 6.04 Å². The highest BCUT2D eigenvalue weighted by atomic mass is 32.2. The molecule has 1 aliphatic carbocycles. The van der Waals surface area contributed by atoms with Crippen molar-refractivity contribution in [3.63, 3.8) is 0 Å². The van der Waals surface area contributed by atoms with E-state index < -0.39 is 12.0 Å². The molecule has 1 atom stereocenters. The number of carboxylic acids is 1. The van der Waals surface area contributed by atoms with Gasteiger partial charge in [0, 0.05) is 12.2 Å². The summed E-state index contributed by atoms with van der Waals surface area (Å²) >= 11 is 1.69. The number of thioether (sulfide) groups is 1. The summed E-state index contributed by atoms with van der Waals surface area (Å²) in [5.41, 5.74) is 0. The van der Waals surface area contributed by atoms with Gasteiger partial charge in [0.25, 0.3) is 0 Å². The standard InChI is InChI=1S/C10H17NO3S/c1-2-15-6-5-8(12)11-9(10(13)14)7-3-4-7/h7,9H,2-6H2,1H3,(H,11,12)(H,13,14). The summed E-state index contributed by atoms with van der Waals surface area (Å²) in [5.74, 6) is 0.854. The molecule has 15 heavy (non-hydrogen) atoms. The fraction of sp³-hybridized carbons (Fsp3) is 0.800. The second kappa shape index (κ2) is 6.00. The van der Waals surface area contributed by atoms with Crippen LogP contribution in [0, 0.1) is 5.92 Å².